The van der Waals surface area contributed by atoms with Gasteiger partial charge in [0.1, 0.15) is 17.4 Å². The number of para-hydroxylation sites is 1. The van der Waals surface area contributed by atoms with Gasteiger partial charge in [0.2, 0.25) is 0 Å². The molecule has 160 valence electrons. The average molecular weight is 425 g/mol. The highest BCUT2D eigenvalue weighted by Crippen LogP contribution is 2.20. The van der Waals surface area contributed by atoms with Crippen molar-refractivity contribution in [2.45, 2.75) is 13.8 Å². The van der Waals surface area contributed by atoms with E-state index in [0.29, 0.717) is 22.7 Å². The fourth-order valence-corrected chi connectivity index (χ4v) is 2.92. The van der Waals surface area contributed by atoms with Crippen molar-refractivity contribution in [2.24, 2.45) is 0 Å². The van der Waals surface area contributed by atoms with Gasteiger partial charge in [-0.25, -0.2) is 0 Å². The minimum Gasteiger partial charge on any atom is -0.484 e. The van der Waals surface area contributed by atoms with E-state index in [2.05, 4.69) is 10.6 Å². The highest BCUT2D eigenvalue weighted by Gasteiger charge is 2.11. The standard InChI is InChI=1S/C26H23N3O3/c1-18-7-6-10-24(19(18)2)29-26(31)21(16-27)15-20-11-13-23(14-12-20)32-17-25(30)28-22-8-4-3-5-9-22/h3-15H,17H2,1-2H3,(H,28,30)(H,29,31)/b21-15+. The maximum atomic E-state index is 12.5. The molecule has 0 aliphatic rings. The Morgan fingerprint density at radius 2 is 1.66 bits per heavy atom. The Bertz CT molecular complexity index is 1180. The lowest BCUT2D eigenvalue weighted by Crippen LogP contribution is -2.20. The minimum atomic E-state index is -0.473. The molecule has 2 N–H and O–H groups in total. The number of nitrogens with one attached hydrogen (secondary N) is 2. The molecule has 0 aromatic heterocycles. The molecule has 32 heavy (non-hydrogen) atoms. The Morgan fingerprint density at radius 3 is 2.34 bits per heavy atom. The van der Waals surface area contributed by atoms with E-state index in [1.165, 1.54) is 6.08 Å². The van der Waals surface area contributed by atoms with E-state index >= 15 is 0 Å². The number of nitriles is 1. The second kappa shape index (κ2) is 10.6. The molecule has 0 radical (unpaired) electrons. The zero-order chi connectivity index (χ0) is 22.9. The Labute approximate surface area is 187 Å². The summed E-state index contributed by atoms with van der Waals surface area (Å²) in [6.07, 6.45) is 1.51. The number of benzene rings is 3. The van der Waals surface area contributed by atoms with Gasteiger partial charge in [-0.3, -0.25) is 9.59 Å². The molecule has 0 spiro atoms. The SMILES string of the molecule is Cc1cccc(NC(=O)/C(C#N)=C/c2ccc(OCC(=O)Nc3ccccc3)cc2)c1C. The van der Waals surface area contributed by atoms with E-state index in [1.54, 1.807) is 42.5 Å². The van der Waals surface area contributed by atoms with Gasteiger partial charge in [0.05, 0.1) is 0 Å². The van der Waals surface area contributed by atoms with Gasteiger partial charge in [0, 0.05) is 11.4 Å². The van der Waals surface area contributed by atoms with Crippen LogP contribution in [0.5, 0.6) is 5.75 Å². The predicted molar refractivity (Wildman–Crippen MR) is 125 cm³/mol. The van der Waals surface area contributed by atoms with Crippen molar-refractivity contribution in [1.82, 2.24) is 0 Å². The van der Waals surface area contributed by atoms with Crippen molar-refractivity contribution in [3.63, 3.8) is 0 Å². The number of carbonyl (C=O) groups is 2. The molecule has 3 aromatic rings. The molecule has 0 fully saturated rings. The number of nitrogens with zero attached hydrogens (tertiary/aromatic N) is 1. The molecule has 0 aliphatic heterocycles. The molecule has 2 amide bonds. The van der Waals surface area contributed by atoms with Gasteiger partial charge in [0.25, 0.3) is 11.8 Å². The lowest BCUT2D eigenvalue weighted by atomic mass is 10.1. The first-order valence-corrected chi connectivity index (χ1v) is 10.0. The van der Waals surface area contributed by atoms with E-state index in [-0.39, 0.29) is 18.1 Å². The van der Waals surface area contributed by atoms with Crippen molar-refractivity contribution in [1.29, 1.82) is 5.26 Å². The maximum Gasteiger partial charge on any atom is 0.266 e. The third kappa shape index (κ3) is 6.07. The Balaban J connectivity index is 1.60. The fourth-order valence-electron chi connectivity index (χ4n) is 2.92. The lowest BCUT2D eigenvalue weighted by Gasteiger charge is -2.10. The summed E-state index contributed by atoms with van der Waals surface area (Å²) >= 11 is 0. The van der Waals surface area contributed by atoms with Crippen LogP contribution in [0.15, 0.2) is 78.4 Å². The van der Waals surface area contributed by atoms with Gasteiger partial charge < -0.3 is 15.4 Å². The molecule has 6 nitrogen and oxygen atoms in total. The zero-order valence-electron chi connectivity index (χ0n) is 17.9. The van der Waals surface area contributed by atoms with Gasteiger partial charge in [-0.15, -0.1) is 0 Å². The number of anilines is 2. The smallest absolute Gasteiger partial charge is 0.266 e. The fraction of sp³-hybridized carbons (Fsp3) is 0.115. The second-order valence-corrected chi connectivity index (χ2v) is 7.14. The van der Waals surface area contributed by atoms with Crippen molar-refractivity contribution in [2.75, 3.05) is 17.2 Å². The first-order valence-electron chi connectivity index (χ1n) is 10.0. The van der Waals surface area contributed by atoms with Crippen molar-refractivity contribution < 1.29 is 14.3 Å². The normalized spacial score (nSPS) is 10.7. The minimum absolute atomic E-state index is 0.0122. The molecule has 6 heteroatoms. The molecular weight excluding hydrogens is 402 g/mol. The predicted octanol–water partition coefficient (Wildman–Crippen LogP) is 4.87. The van der Waals surface area contributed by atoms with Gasteiger partial charge in [-0.2, -0.15) is 5.26 Å². The molecule has 0 atom stereocenters. The summed E-state index contributed by atoms with van der Waals surface area (Å²) in [5, 5.41) is 15.0. The van der Waals surface area contributed by atoms with Crippen LogP contribution in [0, 0.1) is 25.2 Å². The van der Waals surface area contributed by atoms with E-state index in [4.69, 9.17) is 4.74 Å². The number of aryl methyl sites for hydroxylation is 1. The summed E-state index contributed by atoms with van der Waals surface area (Å²) in [5.74, 6) is -0.238. The summed E-state index contributed by atoms with van der Waals surface area (Å²) in [7, 11) is 0. The largest absolute Gasteiger partial charge is 0.484 e. The van der Waals surface area contributed by atoms with Crippen molar-refractivity contribution in [3.8, 4) is 11.8 Å². The third-order valence-corrected chi connectivity index (χ3v) is 4.84. The van der Waals surface area contributed by atoms with Crippen LogP contribution in [0.2, 0.25) is 0 Å². The van der Waals surface area contributed by atoms with E-state index in [1.807, 2.05) is 50.2 Å². The van der Waals surface area contributed by atoms with Crippen LogP contribution in [0.1, 0.15) is 16.7 Å². The Kier molecular flexibility index (Phi) is 7.39. The molecule has 0 saturated heterocycles. The number of amides is 2. The van der Waals surface area contributed by atoms with Gasteiger partial charge in [-0.1, -0.05) is 42.5 Å². The number of carbonyl (C=O) groups excluding carboxylic acids is 2. The van der Waals surface area contributed by atoms with E-state index in [0.717, 1.165) is 11.1 Å². The van der Waals surface area contributed by atoms with Gasteiger partial charge in [0.15, 0.2) is 6.61 Å². The topological polar surface area (TPSA) is 91.2 Å². The summed E-state index contributed by atoms with van der Waals surface area (Å²) in [4.78, 5) is 24.5. The van der Waals surface area contributed by atoms with Crippen LogP contribution in [-0.2, 0) is 9.59 Å². The van der Waals surface area contributed by atoms with Crippen LogP contribution in [0.3, 0.4) is 0 Å². The third-order valence-electron chi connectivity index (χ3n) is 4.84. The maximum absolute atomic E-state index is 12.5. The van der Waals surface area contributed by atoms with Crippen LogP contribution < -0.4 is 15.4 Å². The summed E-state index contributed by atoms with van der Waals surface area (Å²) in [6, 6.07) is 23.5. The number of hydrogen-bond donors (Lipinski definition) is 2. The van der Waals surface area contributed by atoms with Crippen LogP contribution in [0.4, 0.5) is 11.4 Å². The zero-order valence-corrected chi connectivity index (χ0v) is 17.9. The first kappa shape index (κ1) is 22.3. The van der Waals surface area contributed by atoms with Crippen LogP contribution in [-0.4, -0.2) is 18.4 Å². The van der Waals surface area contributed by atoms with Crippen LogP contribution in [0.25, 0.3) is 6.08 Å². The molecular formula is C26H23N3O3. The lowest BCUT2D eigenvalue weighted by molar-refractivity contribution is -0.118. The number of rotatable bonds is 7. The molecule has 3 aromatic carbocycles. The first-order chi connectivity index (χ1) is 15.5. The molecule has 0 aliphatic carbocycles. The number of hydrogen-bond acceptors (Lipinski definition) is 4. The molecule has 3 rings (SSSR count). The summed E-state index contributed by atoms with van der Waals surface area (Å²) in [6.45, 7) is 3.74. The molecule has 0 saturated carbocycles. The molecule has 0 heterocycles. The Hall–Kier alpha value is -4.37. The quantitative estimate of drug-likeness (QED) is 0.417. The van der Waals surface area contributed by atoms with Gasteiger partial charge in [-0.05, 0) is 66.9 Å². The highest BCUT2D eigenvalue weighted by atomic mass is 16.5. The highest BCUT2D eigenvalue weighted by molar-refractivity contribution is 6.10. The second-order valence-electron chi connectivity index (χ2n) is 7.14. The van der Waals surface area contributed by atoms with Gasteiger partial charge >= 0.3 is 0 Å². The van der Waals surface area contributed by atoms with Crippen molar-refractivity contribution >= 4 is 29.3 Å². The monoisotopic (exact) mass is 425 g/mol. The number of ether oxygens (including phenoxy) is 1. The molecule has 0 unspecified atom stereocenters. The van der Waals surface area contributed by atoms with E-state index < -0.39 is 5.91 Å². The molecule has 0 bridgehead atoms. The van der Waals surface area contributed by atoms with Crippen LogP contribution >= 0.6 is 0 Å². The van der Waals surface area contributed by atoms with E-state index in [9.17, 15) is 14.9 Å². The average Bonchev–Trinajstić information content (AvgIpc) is 2.80. The Morgan fingerprint density at radius 1 is 0.938 bits per heavy atom. The summed E-state index contributed by atoms with van der Waals surface area (Å²) < 4.78 is 5.50. The van der Waals surface area contributed by atoms with Crippen molar-refractivity contribution in [3.05, 3.63) is 95.1 Å². The summed E-state index contributed by atoms with van der Waals surface area (Å²) in [5.41, 5.74) is 4.04.